The summed E-state index contributed by atoms with van der Waals surface area (Å²) < 4.78 is 43.4. The molecule has 0 unspecified atom stereocenters. The van der Waals surface area contributed by atoms with Crippen LogP contribution in [0.3, 0.4) is 0 Å². The van der Waals surface area contributed by atoms with E-state index in [1.807, 2.05) is 17.8 Å². The van der Waals surface area contributed by atoms with Gasteiger partial charge in [0.2, 0.25) is 5.95 Å². The van der Waals surface area contributed by atoms with E-state index in [1.54, 1.807) is 7.11 Å². The fourth-order valence-electron chi connectivity index (χ4n) is 5.39. The van der Waals surface area contributed by atoms with E-state index in [-0.39, 0.29) is 23.9 Å². The van der Waals surface area contributed by atoms with Gasteiger partial charge in [0.15, 0.2) is 10.8 Å². The molecular formula is C27H29F2N7O2S. The predicted molar refractivity (Wildman–Crippen MR) is 144 cm³/mol. The minimum absolute atomic E-state index is 0.0834. The Morgan fingerprint density at radius 3 is 2.69 bits per heavy atom. The maximum atomic E-state index is 15.1. The van der Waals surface area contributed by atoms with Crippen molar-refractivity contribution in [1.82, 2.24) is 24.7 Å². The van der Waals surface area contributed by atoms with E-state index in [2.05, 4.69) is 21.1 Å². The highest BCUT2D eigenvalue weighted by Gasteiger charge is 2.32. The van der Waals surface area contributed by atoms with Gasteiger partial charge in [-0.15, -0.1) is 0 Å². The molecule has 204 valence electrons. The molecule has 3 aliphatic rings. The van der Waals surface area contributed by atoms with Crippen LogP contribution in [-0.4, -0.2) is 70.2 Å². The molecule has 5 heterocycles. The first kappa shape index (κ1) is 24.8. The van der Waals surface area contributed by atoms with Crippen LogP contribution in [-0.2, 0) is 9.47 Å². The van der Waals surface area contributed by atoms with Gasteiger partial charge >= 0.3 is 0 Å². The molecule has 2 saturated heterocycles. The molecule has 3 aromatic heterocycles. The van der Waals surface area contributed by atoms with Gasteiger partial charge in [-0.2, -0.15) is 15.1 Å². The summed E-state index contributed by atoms with van der Waals surface area (Å²) in [7, 11) is 1.72. The Kier molecular flexibility index (Phi) is 6.20. The van der Waals surface area contributed by atoms with Crippen LogP contribution in [0.4, 0.5) is 19.9 Å². The molecular weight excluding hydrogens is 524 g/mol. The summed E-state index contributed by atoms with van der Waals surface area (Å²) >= 11 is 1.43. The lowest BCUT2D eigenvalue weighted by atomic mass is 10.1. The van der Waals surface area contributed by atoms with Crippen LogP contribution >= 0.6 is 11.3 Å². The second-order valence-corrected chi connectivity index (χ2v) is 11.5. The van der Waals surface area contributed by atoms with Crippen molar-refractivity contribution < 1.29 is 18.3 Å². The van der Waals surface area contributed by atoms with E-state index >= 15 is 4.39 Å². The molecule has 0 N–H and O–H groups in total. The van der Waals surface area contributed by atoms with Crippen LogP contribution in [0, 0.1) is 11.6 Å². The zero-order valence-corrected chi connectivity index (χ0v) is 22.6. The summed E-state index contributed by atoms with van der Waals surface area (Å²) in [6.07, 6.45) is 7.02. The number of methoxy groups -OCH3 is 1. The van der Waals surface area contributed by atoms with Gasteiger partial charge in [-0.05, 0) is 38.3 Å². The van der Waals surface area contributed by atoms with E-state index in [0.717, 1.165) is 49.1 Å². The van der Waals surface area contributed by atoms with Gasteiger partial charge in [0, 0.05) is 50.1 Å². The zero-order chi connectivity index (χ0) is 26.7. The number of ether oxygens (including phenoxy) is 2. The van der Waals surface area contributed by atoms with Crippen molar-refractivity contribution in [2.24, 2.45) is 0 Å². The van der Waals surface area contributed by atoms with Crippen LogP contribution in [0.5, 0.6) is 0 Å². The molecule has 4 aromatic rings. The number of hydrogen-bond donors (Lipinski definition) is 0. The minimum atomic E-state index is -0.669. The highest BCUT2D eigenvalue weighted by molar-refractivity contribution is 7.22. The minimum Gasteiger partial charge on any atom is -0.380 e. The van der Waals surface area contributed by atoms with Crippen molar-refractivity contribution >= 4 is 32.8 Å². The second kappa shape index (κ2) is 9.76. The standard InChI is InChI=1S/C27H29F2N7O2S/c1-15-11-35(14-22(38-15)16-10-30-36(12-16)18-4-5-18)26-31-23(20-6-3-17(28)9-21(20)29)24-25(32-26)33-27(39-24)34-8-7-19(13-34)37-2/h3,6,9-10,12,15,18-19,22H,4-5,7-8,11,13-14H2,1-2H3/t15-,19-,22+/m0/s1. The van der Waals surface area contributed by atoms with Gasteiger partial charge in [-0.25, -0.2) is 13.8 Å². The maximum absolute atomic E-state index is 15.1. The average Bonchev–Trinajstić information content (AvgIpc) is 3.31. The molecule has 2 aliphatic heterocycles. The normalized spacial score (nSPS) is 23.7. The largest absolute Gasteiger partial charge is 0.380 e. The van der Waals surface area contributed by atoms with Crippen molar-refractivity contribution in [3.63, 3.8) is 0 Å². The van der Waals surface area contributed by atoms with Gasteiger partial charge < -0.3 is 19.3 Å². The van der Waals surface area contributed by atoms with E-state index in [0.29, 0.717) is 41.1 Å². The molecule has 7 rings (SSSR count). The molecule has 0 radical (unpaired) electrons. The SMILES string of the molecule is CO[C@H]1CCN(c2nc3nc(N4C[C@H](C)O[C@@H](c5cnn(C6CC6)c5)C4)nc(-c4ccc(F)cc4F)c3s2)C1. The summed E-state index contributed by atoms with van der Waals surface area (Å²) in [5.74, 6) is -0.854. The number of hydrogen-bond acceptors (Lipinski definition) is 9. The molecule has 0 amide bonds. The number of fused-ring (bicyclic) bond motifs is 1. The molecule has 9 nitrogen and oxygen atoms in total. The quantitative estimate of drug-likeness (QED) is 0.338. The Hall–Kier alpha value is -3.22. The molecule has 0 spiro atoms. The lowest BCUT2D eigenvalue weighted by Crippen LogP contribution is -2.43. The summed E-state index contributed by atoms with van der Waals surface area (Å²) in [6.45, 7) is 4.66. The van der Waals surface area contributed by atoms with Crippen LogP contribution in [0.15, 0.2) is 30.6 Å². The van der Waals surface area contributed by atoms with Gasteiger partial charge in [-0.1, -0.05) is 11.3 Å². The Balaban J connectivity index is 1.28. The number of aromatic nitrogens is 5. The molecule has 1 aliphatic carbocycles. The lowest BCUT2D eigenvalue weighted by Gasteiger charge is -2.36. The third-order valence-electron chi connectivity index (χ3n) is 7.62. The lowest BCUT2D eigenvalue weighted by molar-refractivity contribution is -0.0178. The number of rotatable bonds is 6. The summed E-state index contributed by atoms with van der Waals surface area (Å²) in [5, 5.41) is 5.32. The first-order valence-corrected chi connectivity index (χ1v) is 14.1. The summed E-state index contributed by atoms with van der Waals surface area (Å²) in [5.41, 5.74) is 2.15. The first-order valence-electron chi connectivity index (χ1n) is 13.3. The van der Waals surface area contributed by atoms with Gasteiger partial charge in [0.05, 0.1) is 36.7 Å². The number of benzene rings is 1. The van der Waals surface area contributed by atoms with Crippen molar-refractivity contribution in [3.05, 3.63) is 47.8 Å². The summed E-state index contributed by atoms with van der Waals surface area (Å²) in [6, 6.07) is 4.06. The van der Waals surface area contributed by atoms with Crippen LogP contribution in [0.25, 0.3) is 21.6 Å². The van der Waals surface area contributed by atoms with E-state index in [4.69, 9.17) is 24.4 Å². The average molecular weight is 554 g/mol. The highest BCUT2D eigenvalue weighted by atomic mass is 32.1. The molecule has 39 heavy (non-hydrogen) atoms. The van der Waals surface area contributed by atoms with Gasteiger partial charge in [0.25, 0.3) is 0 Å². The van der Waals surface area contributed by atoms with Gasteiger partial charge in [-0.3, -0.25) is 4.68 Å². The summed E-state index contributed by atoms with van der Waals surface area (Å²) in [4.78, 5) is 18.8. The Morgan fingerprint density at radius 2 is 1.92 bits per heavy atom. The van der Waals surface area contributed by atoms with E-state index in [9.17, 15) is 4.39 Å². The number of nitrogens with zero attached hydrogens (tertiary/aromatic N) is 7. The highest BCUT2D eigenvalue weighted by Crippen LogP contribution is 2.39. The first-order chi connectivity index (χ1) is 18.9. The Bertz CT molecular complexity index is 1520. The van der Waals surface area contributed by atoms with E-state index < -0.39 is 11.6 Å². The molecule has 1 saturated carbocycles. The van der Waals surface area contributed by atoms with Gasteiger partial charge in [0.1, 0.15) is 22.4 Å². The second-order valence-electron chi connectivity index (χ2n) is 10.6. The third-order valence-corrected chi connectivity index (χ3v) is 8.74. The maximum Gasteiger partial charge on any atom is 0.228 e. The number of thiazole rings is 1. The van der Waals surface area contributed by atoms with Crippen molar-refractivity contribution in [3.8, 4) is 11.3 Å². The van der Waals surface area contributed by atoms with Crippen LogP contribution in [0.2, 0.25) is 0 Å². The molecule has 0 bridgehead atoms. The van der Waals surface area contributed by atoms with E-state index in [1.165, 1.54) is 23.5 Å². The molecule has 1 aromatic carbocycles. The topological polar surface area (TPSA) is 81.4 Å². The number of halogens is 2. The Morgan fingerprint density at radius 1 is 1.05 bits per heavy atom. The third kappa shape index (κ3) is 4.74. The fourth-order valence-corrected chi connectivity index (χ4v) is 6.44. The van der Waals surface area contributed by atoms with Crippen LogP contribution < -0.4 is 9.80 Å². The fraction of sp³-hybridized carbons (Fsp3) is 0.481. The monoisotopic (exact) mass is 553 g/mol. The Labute approximate surface area is 228 Å². The smallest absolute Gasteiger partial charge is 0.228 e. The molecule has 3 fully saturated rings. The molecule has 3 atom stereocenters. The van der Waals surface area contributed by atoms with Crippen molar-refractivity contribution in [2.75, 3.05) is 43.1 Å². The molecule has 12 heteroatoms. The van der Waals surface area contributed by atoms with Crippen LogP contribution in [0.1, 0.15) is 43.9 Å². The van der Waals surface area contributed by atoms with Crippen molar-refractivity contribution in [2.45, 2.75) is 50.5 Å². The number of anilines is 2. The predicted octanol–water partition coefficient (Wildman–Crippen LogP) is 4.75. The van der Waals surface area contributed by atoms with Crippen molar-refractivity contribution in [1.29, 1.82) is 0 Å². The zero-order valence-electron chi connectivity index (χ0n) is 21.8. The number of morpholine rings is 1.